The highest BCUT2D eigenvalue weighted by molar-refractivity contribution is 4.70. The summed E-state index contributed by atoms with van der Waals surface area (Å²) in [6.45, 7) is 13.2. The Morgan fingerprint density at radius 1 is 1.44 bits per heavy atom. The number of nitrogens with one attached hydrogen (secondary N) is 1. The maximum atomic E-state index is 3.59. The molecule has 1 heterocycles. The fourth-order valence-electron chi connectivity index (χ4n) is 2.67. The van der Waals surface area contributed by atoms with Gasteiger partial charge in [-0.2, -0.15) is 0 Å². The van der Waals surface area contributed by atoms with Crippen LogP contribution in [0.3, 0.4) is 0 Å². The zero-order chi connectivity index (χ0) is 11.8. The average Bonchev–Trinajstić information content (AvgIpc) is 2.25. The number of hydrogen-bond donors (Lipinski definition) is 1. The van der Waals surface area contributed by atoms with Crippen LogP contribution in [0.5, 0.6) is 0 Å². The molecule has 2 heteroatoms. The molecular weight excluding hydrogens is 196 g/mol. The van der Waals surface area contributed by atoms with Gasteiger partial charge in [-0.1, -0.05) is 27.2 Å². The lowest BCUT2D eigenvalue weighted by Crippen LogP contribution is -2.39. The summed E-state index contributed by atoms with van der Waals surface area (Å²) in [6, 6.07) is 0. The third-order valence-electron chi connectivity index (χ3n) is 3.62. The molecular formula is C14H30N2. The zero-order valence-corrected chi connectivity index (χ0v) is 11.5. The molecule has 0 saturated carbocycles. The molecule has 2 atom stereocenters. The van der Waals surface area contributed by atoms with Crippen LogP contribution in [0.2, 0.25) is 0 Å². The Morgan fingerprint density at radius 3 is 2.94 bits per heavy atom. The lowest BCUT2D eigenvalue weighted by atomic mass is 10.0. The quantitative estimate of drug-likeness (QED) is 0.672. The van der Waals surface area contributed by atoms with Gasteiger partial charge in [-0.15, -0.1) is 0 Å². The van der Waals surface area contributed by atoms with Crippen molar-refractivity contribution in [2.45, 2.75) is 46.5 Å². The summed E-state index contributed by atoms with van der Waals surface area (Å²) in [5, 5.41) is 3.59. The van der Waals surface area contributed by atoms with Gasteiger partial charge >= 0.3 is 0 Å². The van der Waals surface area contributed by atoms with Gasteiger partial charge in [-0.3, -0.25) is 0 Å². The van der Waals surface area contributed by atoms with Crippen LogP contribution in [-0.2, 0) is 0 Å². The molecule has 0 radical (unpaired) electrons. The largest absolute Gasteiger partial charge is 0.315 e. The summed E-state index contributed by atoms with van der Waals surface area (Å²) in [4.78, 5) is 2.62. The van der Waals surface area contributed by atoms with Gasteiger partial charge in [-0.05, 0) is 44.2 Å². The molecule has 0 amide bonds. The maximum absolute atomic E-state index is 3.59. The normalized spacial score (nSPS) is 24.6. The van der Waals surface area contributed by atoms with Crippen molar-refractivity contribution in [3.05, 3.63) is 0 Å². The number of hydrogen-bond acceptors (Lipinski definition) is 2. The van der Waals surface area contributed by atoms with Crippen molar-refractivity contribution in [1.82, 2.24) is 10.2 Å². The van der Waals surface area contributed by atoms with Crippen LogP contribution in [0.25, 0.3) is 0 Å². The van der Waals surface area contributed by atoms with Crippen LogP contribution in [0.1, 0.15) is 46.5 Å². The number of rotatable bonds is 7. The van der Waals surface area contributed by atoms with E-state index in [0.29, 0.717) is 0 Å². The molecule has 0 aromatic carbocycles. The highest BCUT2D eigenvalue weighted by Crippen LogP contribution is 2.14. The van der Waals surface area contributed by atoms with E-state index in [2.05, 4.69) is 31.0 Å². The van der Waals surface area contributed by atoms with E-state index in [9.17, 15) is 0 Å². The Bertz CT molecular complexity index is 170. The van der Waals surface area contributed by atoms with E-state index in [1.165, 1.54) is 58.4 Å². The Balaban J connectivity index is 1.98. The van der Waals surface area contributed by atoms with Gasteiger partial charge < -0.3 is 10.2 Å². The standard InChI is InChI=1S/C14H30N2/c1-4-6-13(2)11-15-8-10-16-9-5-7-14(3)12-16/h13-15H,4-12H2,1-3H3. The summed E-state index contributed by atoms with van der Waals surface area (Å²) in [5.74, 6) is 1.75. The predicted molar refractivity (Wildman–Crippen MR) is 71.8 cm³/mol. The Hall–Kier alpha value is -0.0800. The van der Waals surface area contributed by atoms with Crippen molar-refractivity contribution < 1.29 is 0 Å². The van der Waals surface area contributed by atoms with Gasteiger partial charge in [0.1, 0.15) is 0 Å². The van der Waals surface area contributed by atoms with Crippen LogP contribution in [0, 0.1) is 11.8 Å². The topological polar surface area (TPSA) is 15.3 Å². The Morgan fingerprint density at radius 2 is 2.25 bits per heavy atom. The van der Waals surface area contributed by atoms with Crippen molar-refractivity contribution in [3.63, 3.8) is 0 Å². The summed E-state index contributed by atoms with van der Waals surface area (Å²) < 4.78 is 0. The van der Waals surface area contributed by atoms with Crippen molar-refractivity contribution >= 4 is 0 Å². The van der Waals surface area contributed by atoms with E-state index < -0.39 is 0 Å². The summed E-state index contributed by atoms with van der Waals surface area (Å²) in [7, 11) is 0. The first-order valence-corrected chi connectivity index (χ1v) is 7.15. The van der Waals surface area contributed by atoms with Crippen molar-refractivity contribution in [3.8, 4) is 0 Å². The number of piperidine rings is 1. The van der Waals surface area contributed by atoms with Crippen molar-refractivity contribution in [1.29, 1.82) is 0 Å². The lowest BCUT2D eigenvalue weighted by molar-refractivity contribution is 0.184. The lowest BCUT2D eigenvalue weighted by Gasteiger charge is -2.30. The molecule has 1 aliphatic rings. The van der Waals surface area contributed by atoms with E-state index >= 15 is 0 Å². The molecule has 1 aliphatic heterocycles. The second-order valence-corrected chi connectivity index (χ2v) is 5.65. The number of nitrogens with zero attached hydrogens (tertiary/aromatic N) is 1. The third-order valence-corrected chi connectivity index (χ3v) is 3.62. The maximum Gasteiger partial charge on any atom is 0.0107 e. The molecule has 96 valence electrons. The average molecular weight is 226 g/mol. The molecule has 0 spiro atoms. The highest BCUT2D eigenvalue weighted by Gasteiger charge is 2.15. The first-order chi connectivity index (χ1) is 7.72. The van der Waals surface area contributed by atoms with Crippen LogP contribution in [-0.4, -0.2) is 37.6 Å². The van der Waals surface area contributed by atoms with E-state index in [0.717, 1.165) is 11.8 Å². The molecule has 1 saturated heterocycles. The fraction of sp³-hybridized carbons (Fsp3) is 1.00. The second kappa shape index (κ2) is 8.08. The fourth-order valence-corrected chi connectivity index (χ4v) is 2.67. The van der Waals surface area contributed by atoms with Crippen LogP contribution < -0.4 is 5.32 Å². The van der Waals surface area contributed by atoms with E-state index in [1.807, 2.05) is 0 Å². The van der Waals surface area contributed by atoms with Crippen LogP contribution >= 0.6 is 0 Å². The SMILES string of the molecule is CCCC(C)CNCCN1CCCC(C)C1. The van der Waals surface area contributed by atoms with Gasteiger partial charge in [0, 0.05) is 19.6 Å². The molecule has 2 nitrogen and oxygen atoms in total. The predicted octanol–water partition coefficient (Wildman–Crippen LogP) is 2.74. The van der Waals surface area contributed by atoms with E-state index in [4.69, 9.17) is 0 Å². The van der Waals surface area contributed by atoms with Crippen molar-refractivity contribution in [2.75, 3.05) is 32.7 Å². The monoisotopic (exact) mass is 226 g/mol. The molecule has 1 N–H and O–H groups in total. The van der Waals surface area contributed by atoms with E-state index in [-0.39, 0.29) is 0 Å². The van der Waals surface area contributed by atoms with Gasteiger partial charge in [0.05, 0.1) is 0 Å². The Kier molecular flexibility index (Phi) is 7.06. The summed E-state index contributed by atoms with van der Waals surface area (Å²) in [6.07, 6.45) is 5.49. The number of likely N-dealkylation sites (tertiary alicyclic amines) is 1. The molecule has 16 heavy (non-hydrogen) atoms. The first-order valence-electron chi connectivity index (χ1n) is 7.15. The molecule has 0 bridgehead atoms. The minimum absolute atomic E-state index is 0.838. The molecule has 0 aromatic heterocycles. The van der Waals surface area contributed by atoms with Gasteiger partial charge in [0.2, 0.25) is 0 Å². The van der Waals surface area contributed by atoms with Crippen LogP contribution in [0.15, 0.2) is 0 Å². The molecule has 0 aromatic rings. The minimum atomic E-state index is 0.838. The van der Waals surface area contributed by atoms with Gasteiger partial charge in [0.15, 0.2) is 0 Å². The molecule has 2 unspecified atom stereocenters. The minimum Gasteiger partial charge on any atom is -0.315 e. The van der Waals surface area contributed by atoms with Gasteiger partial charge in [-0.25, -0.2) is 0 Å². The third kappa shape index (κ3) is 5.86. The molecule has 1 rings (SSSR count). The van der Waals surface area contributed by atoms with E-state index in [1.54, 1.807) is 0 Å². The van der Waals surface area contributed by atoms with Crippen LogP contribution in [0.4, 0.5) is 0 Å². The smallest absolute Gasteiger partial charge is 0.0107 e. The summed E-state index contributed by atoms with van der Waals surface area (Å²) >= 11 is 0. The van der Waals surface area contributed by atoms with Crippen molar-refractivity contribution in [2.24, 2.45) is 11.8 Å². The Labute approximate surface area is 102 Å². The zero-order valence-electron chi connectivity index (χ0n) is 11.5. The van der Waals surface area contributed by atoms with Gasteiger partial charge in [0.25, 0.3) is 0 Å². The highest BCUT2D eigenvalue weighted by atomic mass is 15.1. The molecule has 0 aliphatic carbocycles. The first kappa shape index (κ1) is 14.0. The second-order valence-electron chi connectivity index (χ2n) is 5.65. The molecule has 1 fully saturated rings. The summed E-state index contributed by atoms with van der Waals surface area (Å²) in [5.41, 5.74) is 0.